The molecule has 2 N–H and O–H groups in total. The molecule has 0 spiro atoms. The monoisotopic (exact) mass is 406 g/mol. The van der Waals surface area contributed by atoms with E-state index in [1.54, 1.807) is 25.1 Å². The zero-order valence-electron chi connectivity index (χ0n) is 16.2. The number of benzene rings is 2. The van der Waals surface area contributed by atoms with Crippen molar-refractivity contribution in [2.24, 2.45) is 0 Å². The molecule has 4 rings (SSSR count). The molecule has 0 radical (unpaired) electrons. The minimum absolute atomic E-state index is 0.132. The number of rotatable bonds is 5. The van der Waals surface area contributed by atoms with Gasteiger partial charge in [-0.3, -0.25) is 14.9 Å². The Labute approximate surface area is 171 Å². The zero-order chi connectivity index (χ0) is 21.3. The molecule has 0 saturated carbocycles. The minimum Gasteiger partial charge on any atom is -0.490 e. The van der Waals surface area contributed by atoms with Crippen molar-refractivity contribution in [3.63, 3.8) is 0 Å². The number of amides is 1. The number of aromatic nitrogens is 3. The van der Waals surface area contributed by atoms with E-state index >= 15 is 0 Å². The van der Waals surface area contributed by atoms with Crippen LogP contribution in [-0.4, -0.2) is 32.7 Å². The third-order valence-electron chi connectivity index (χ3n) is 4.79. The van der Waals surface area contributed by atoms with Gasteiger partial charge in [-0.05, 0) is 30.7 Å². The van der Waals surface area contributed by atoms with Crippen LogP contribution in [-0.2, 0) is 4.79 Å². The predicted octanol–water partition coefficient (Wildman–Crippen LogP) is 3.12. The van der Waals surface area contributed by atoms with Crippen LogP contribution >= 0.6 is 0 Å². The highest BCUT2D eigenvalue weighted by molar-refractivity contribution is 6.06. The second kappa shape index (κ2) is 7.66. The summed E-state index contributed by atoms with van der Waals surface area (Å²) in [7, 11) is 1.37. The zero-order valence-corrected chi connectivity index (χ0v) is 16.2. The van der Waals surface area contributed by atoms with Crippen molar-refractivity contribution < 1.29 is 14.5 Å². The van der Waals surface area contributed by atoms with E-state index in [2.05, 4.69) is 20.7 Å². The number of hydrogen-bond acceptors (Lipinski definition) is 7. The molecule has 1 atom stereocenters. The van der Waals surface area contributed by atoms with E-state index in [-0.39, 0.29) is 17.3 Å². The van der Waals surface area contributed by atoms with E-state index in [1.165, 1.54) is 30.3 Å². The molecule has 10 heteroatoms. The molecular weight excluding hydrogens is 388 g/mol. The highest BCUT2D eigenvalue weighted by Crippen LogP contribution is 2.38. The lowest BCUT2D eigenvalue weighted by Gasteiger charge is -2.28. The molecule has 3 aromatic rings. The van der Waals surface area contributed by atoms with Crippen molar-refractivity contribution in [2.45, 2.75) is 13.0 Å². The Kier molecular flexibility index (Phi) is 4.88. The summed E-state index contributed by atoms with van der Waals surface area (Å²) in [5.41, 5.74) is 1.89. The van der Waals surface area contributed by atoms with Crippen LogP contribution < -0.4 is 15.4 Å². The molecule has 30 heavy (non-hydrogen) atoms. The number of ether oxygens (including phenoxy) is 1. The van der Waals surface area contributed by atoms with Crippen LogP contribution in [0.2, 0.25) is 0 Å². The summed E-state index contributed by atoms with van der Waals surface area (Å²) in [5.74, 6) is 0.218. The van der Waals surface area contributed by atoms with Crippen LogP contribution in [0.15, 0.2) is 66.1 Å². The van der Waals surface area contributed by atoms with Crippen molar-refractivity contribution in [1.82, 2.24) is 14.8 Å². The summed E-state index contributed by atoms with van der Waals surface area (Å²) in [6, 6.07) is 12.9. The molecule has 0 saturated heterocycles. The molecule has 0 fully saturated rings. The number of methoxy groups -OCH3 is 1. The number of allylic oxidation sites excluding steroid dienone is 1. The van der Waals surface area contributed by atoms with Crippen molar-refractivity contribution in [1.29, 1.82) is 0 Å². The van der Waals surface area contributed by atoms with E-state index in [0.29, 0.717) is 28.5 Å². The van der Waals surface area contributed by atoms with Gasteiger partial charge in [0.15, 0.2) is 5.75 Å². The summed E-state index contributed by atoms with van der Waals surface area (Å²) >= 11 is 0. The van der Waals surface area contributed by atoms with Gasteiger partial charge in [-0.25, -0.2) is 4.68 Å². The average Bonchev–Trinajstić information content (AvgIpc) is 3.20. The molecule has 0 bridgehead atoms. The van der Waals surface area contributed by atoms with Crippen molar-refractivity contribution >= 4 is 23.2 Å². The number of nitrogens with one attached hydrogen (secondary N) is 2. The number of nitro benzene ring substituents is 1. The summed E-state index contributed by atoms with van der Waals surface area (Å²) in [6.07, 6.45) is 1.36. The van der Waals surface area contributed by atoms with Crippen molar-refractivity contribution in [3.05, 3.63) is 81.8 Å². The molecule has 1 aliphatic heterocycles. The third-order valence-corrected chi connectivity index (χ3v) is 4.79. The second-order valence-electron chi connectivity index (χ2n) is 6.60. The van der Waals surface area contributed by atoms with Crippen LogP contribution in [0.3, 0.4) is 0 Å². The number of nitrogens with zero attached hydrogens (tertiary/aromatic N) is 4. The van der Waals surface area contributed by atoms with Crippen LogP contribution in [0.5, 0.6) is 5.75 Å². The maximum Gasteiger partial charge on any atom is 0.311 e. The Balaban J connectivity index is 1.82. The van der Waals surface area contributed by atoms with Crippen LogP contribution in [0.4, 0.5) is 17.3 Å². The Bertz CT molecular complexity index is 1160. The molecule has 1 aromatic heterocycles. The summed E-state index contributed by atoms with van der Waals surface area (Å²) in [5, 5.41) is 21.7. The molecule has 2 heterocycles. The SMILES string of the molecule is COc1ccc(C2C(C(=O)Nc3ccccc3)=C(C)Nc3ncnn32)cc1[N+](=O)[O-]. The number of para-hydroxylation sites is 1. The quantitative estimate of drug-likeness (QED) is 0.493. The van der Waals surface area contributed by atoms with Crippen LogP contribution in [0.1, 0.15) is 18.5 Å². The fourth-order valence-electron chi connectivity index (χ4n) is 3.43. The van der Waals surface area contributed by atoms with Gasteiger partial charge in [0, 0.05) is 17.5 Å². The van der Waals surface area contributed by atoms with Gasteiger partial charge < -0.3 is 15.4 Å². The van der Waals surface area contributed by atoms with Crippen molar-refractivity contribution in [3.8, 4) is 5.75 Å². The first-order chi connectivity index (χ1) is 14.5. The average molecular weight is 406 g/mol. The van der Waals surface area contributed by atoms with Gasteiger partial charge in [-0.2, -0.15) is 10.1 Å². The Morgan fingerprint density at radius 1 is 1.27 bits per heavy atom. The van der Waals surface area contributed by atoms with Gasteiger partial charge >= 0.3 is 5.69 Å². The standard InChI is InChI=1S/C20H18N6O4/c1-12-17(19(27)24-14-6-4-3-5-7-14)18(25-20(23-12)21-11-22-25)13-8-9-16(30-2)15(10-13)26(28)29/h3-11,18H,1-2H3,(H,24,27)(H,21,22,23). The Morgan fingerprint density at radius 2 is 2.03 bits per heavy atom. The first-order valence-corrected chi connectivity index (χ1v) is 9.05. The fraction of sp³-hybridized carbons (Fsp3) is 0.150. The first-order valence-electron chi connectivity index (χ1n) is 9.05. The first kappa shape index (κ1) is 19.1. The minimum atomic E-state index is -0.711. The lowest BCUT2D eigenvalue weighted by atomic mass is 9.94. The van der Waals surface area contributed by atoms with Gasteiger partial charge in [0.25, 0.3) is 5.91 Å². The maximum absolute atomic E-state index is 13.2. The van der Waals surface area contributed by atoms with E-state index < -0.39 is 11.0 Å². The van der Waals surface area contributed by atoms with Crippen LogP contribution in [0.25, 0.3) is 0 Å². The maximum atomic E-state index is 13.2. The number of anilines is 2. The Hall–Kier alpha value is -4.21. The van der Waals surface area contributed by atoms with E-state index in [1.807, 2.05) is 18.2 Å². The smallest absolute Gasteiger partial charge is 0.311 e. The van der Waals surface area contributed by atoms with Gasteiger partial charge in [0.2, 0.25) is 5.95 Å². The van der Waals surface area contributed by atoms with Gasteiger partial charge in [0.1, 0.15) is 12.4 Å². The number of carbonyl (C=O) groups excluding carboxylic acids is 1. The lowest BCUT2D eigenvalue weighted by molar-refractivity contribution is -0.385. The molecule has 152 valence electrons. The molecule has 1 amide bonds. The fourth-order valence-corrected chi connectivity index (χ4v) is 3.43. The summed E-state index contributed by atoms with van der Waals surface area (Å²) in [6.45, 7) is 1.75. The lowest BCUT2D eigenvalue weighted by Crippen LogP contribution is -2.31. The van der Waals surface area contributed by atoms with E-state index in [4.69, 9.17) is 4.74 Å². The normalized spacial score (nSPS) is 15.2. The highest BCUT2D eigenvalue weighted by Gasteiger charge is 2.34. The topological polar surface area (TPSA) is 124 Å². The summed E-state index contributed by atoms with van der Waals surface area (Å²) in [4.78, 5) is 28.4. The third kappa shape index (κ3) is 3.34. The van der Waals surface area contributed by atoms with E-state index in [0.717, 1.165) is 0 Å². The number of carbonyl (C=O) groups is 1. The number of nitro groups is 1. The summed E-state index contributed by atoms with van der Waals surface area (Å²) < 4.78 is 6.62. The largest absolute Gasteiger partial charge is 0.490 e. The molecule has 2 aromatic carbocycles. The van der Waals surface area contributed by atoms with Crippen molar-refractivity contribution in [2.75, 3.05) is 17.7 Å². The number of hydrogen-bond donors (Lipinski definition) is 2. The van der Waals surface area contributed by atoms with Crippen LogP contribution in [0, 0.1) is 10.1 Å². The molecule has 1 unspecified atom stereocenters. The van der Waals surface area contributed by atoms with Gasteiger partial charge in [-0.1, -0.05) is 24.3 Å². The van der Waals surface area contributed by atoms with Gasteiger partial charge in [-0.15, -0.1) is 0 Å². The molecular formula is C20H18N6O4. The van der Waals surface area contributed by atoms with Gasteiger partial charge in [0.05, 0.1) is 17.6 Å². The Morgan fingerprint density at radius 3 is 2.73 bits per heavy atom. The molecule has 1 aliphatic rings. The molecule has 10 nitrogen and oxygen atoms in total. The number of fused-ring (bicyclic) bond motifs is 1. The molecule has 0 aliphatic carbocycles. The second-order valence-corrected chi connectivity index (χ2v) is 6.60. The highest BCUT2D eigenvalue weighted by atomic mass is 16.6. The van der Waals surface area contributed by atoms with E-state index in [9.17, 15) is 14.9 Å². The predicted molar refractivity (Wildman–Crippen MR) is 109 cm³/mol.